The molecule has 1 unspecified atom stereocenters. The highest BCUT2D eigenvalue weighted by atomic mass is 19.3. The van der Waals surface area contributed by atoms with E-state index in [9.17, 15) is 13.6 Å². The topological polar surface area (TPSA) is 64.1 Å². The number of halogens is 2. The van der Waals surface area contributed by atoms with Crippen LogP contribution in [0, 0.1) is 5.92 Å². The minimum Gasteiger partial charge on any atom is -0.496 e. The Hall–Kier alpha value is -2.57. The van der Waals surface area contributed by atoms with Crippen LogP contribution in [0.25, 0.3) is 11.3 Å². The normalized spacial score (nSPS) is 18.8. The summed E-state index contributed by atoms with van der Waals surface area (Å²) in [5.41, 5.74) is 1.33. The van der Waals surface area contributed by atoms with Crippen molar-refractivity contribution >= 4 is 11.9 Å². The van der Waals surface area contributed by atoms with Crippen LogP contribution >= 0.6 is 0 Å². The fourth-order valence-corrected chi connectivity index (χ4v) is 3.08. The molecule has 1 amide bonds. The highest BCUT2D eigenvalue weighted by Crippen LogP contribution is 2.42. The summed E-state index contributed by atoms with van der Waals surface area (Å²) in [6.45, 7) is 0. The molecule has 0 aliphatic heterocycles. The third-order valence-electron chi connectivity index (χ3n) is 4.38. The van der Waals surface area contributed by atoms with Crippen molar-refractivity contribution in [1.29, 1.82) is 0 Å². The maximum Gasteiger partial charge on any atom is 0.251 e. The molecule has 132 valence electrons. The quantitative estimate of drug-likeness (QED) is 0.890. The predicted molar refractivity (Wildman–Crippen MR) is 89.6 cm³/mol. The lowest BCUT2D eigenvalue weighted by Crippen LogP contribution is -2.27. The minimum absolute atomic E-state index is 0.0923. The van der Waals surface area contributed by atoms with Crippen LogP contribution in [0.3, 0.4) is 0 Å². The van der Waals surface area contributed by atoms with Gasteiger partial charge in [0.2, 0.25) is 11.9 Å². The number of nitrogens with one attached hydrogen (secondary N) is 1. The molecule has 1 aliphatic carbocycles. The lowest BCUT2D eigenvalue weighted by molar-refractivity contribution is -0.120. The van der Waals surface area contributed by atoms with E-state index < -0.39 is 17.7 Å². The van der Waals surface area contributed by atoms with Gasteiger partial charge in [0, 0.05) is 30.5 Å². The highest BCUT2D eigenvalue weighted by Gasteiger charge is 2.44. The van der Waals surface area contributed by atoms with Gasteiger partial charge in [-0.1, -0.05) is 12.1 Å². The smallest absolute Gasteiger partial charge is 0.251 e. The van der Waals surface area contributed by atoms with Crippen molar-refractivity contribution < 1.29 is 18.3 Å². The second-order valence-corrected chi connectivity index (χ2v) is 6.07. The first-order chi connectivity index (χ1) is 12.0. The van der Waals surface area contributed by atoms with Crippen LogP contribution in [0.1, 0.15) is 25.7 Å². The Labute approximate surface area is 144 Å². The van der Waals surface area contributed by atoms with Gasteiger partial charge in [-0.3, -0.25) is 10.1 Å². The van der Waals surface area contributed by atoms with E-state index >= 15 is 0 Å². The monoisotopic (exact) mass is 347 g/mol. The largest absolute Gasteiger partial charge is 0.496 e. The Balaban J connectivity index is 1.73. The maximum atomic E-state index is 13.7. The summed E-state index contributed by atoms with van der Waals surface area (Å²) in [5, 5.41) is 2.52. The minimum atomic E-state index is -2.77. The summed E-state index contributed by atoms with van der Waals surface area (Å²) in [6, 6.07) is 9.02. The Kier molecular flexibility index (Phi) is 4.92. The first-order valence-electron chi connectivity index (χ1n) is 8.14. The van der Waals surface area contributed by atoms with Gasteiger partial charge in [-0.2, -0.15) is 0 Å². The van der Waals surface area contributed by atoms with Crippen molar-refractivity contribution in [3.8, 4) is 17.0 Å². The van der Waals surface area contributed by atoms with Crippen molar-refractivity contribution in [2.24, 2.45) is 5.92 Å². The van der Waals surface area contributed by atoms with E-state index in [1.807, 2.05) is 18.2 Å². The molecule has 3 rings (SSSR count). The summed E-state index contributed by atoms with van der Waals surface area (Å²) >= 11 is 0. The summed E-state index contributed by atoms with van der Waals surface area (Å²) in [7, 11) is 1.56. The summed E-state index contributed by atoms with van der Waals surface area (Å²) < 4.78 is 32.6. The highest BCUT2D eigenvalue weighted by molar-refractivity contribution is 5.89. The van der Waals surface area contributed by atoms with Crippen LogP contribution in [0.2, 0.25) is 0 Å². The zero-order chi connectivity index (χ0) is 17.9. The molecule has 0 bridgehead atoms. The average molecular weight is 347 g/mol. The van der Waals surface area contributed by atoms with Crippen molar-refractivity contribution in [2.45, 2.75) is 31.6 Å². The van der Waals surface area contributed by atoms with Crippen LogP contribution < -0.4 is 10.1 Å². The molecule has 1 aliphatic rings. The van der Waals surface area contributed by atoms with E-state index in [1.54, 1.807) is 19.2 Å². The van der Waals surface area contributed by atoms with Crippen LogP contribution in [-0.2, 0) is 4.79 Å². The van der Waals surface area contributed by atoms with Gasteiger partial charge in [0.25, 0.3) is 5.92 Å². The lowest BCUT2D eigenvalue weighted by atomic mass is 10.0. The standard InChI is InChI=1S/C18H19F2N3O2/c1-25-15-7-3-2-6-13(15)14-8-10-21-17(22-14)23-16(24)11-12-5-4-9-18(12,19)20/h2-3,6-8,10,12H,4-5,9,11H2,1H3,(H,21,22,23,24). The van der Waals surface area contributed by atoms with Crippen molar-refractivity contribution in [3.05, 3.63) is 36.5 Å². The third kappa shape index (κ3) is 3.92. The number of nitrogens with zero attached hydrogens (tertiary/aromatic N) is 2. The molecule has 1 N–H and O–H groups in total. The Morgan fingerprint density at radius 3 is 2.88 bits per heavy atom. The van der Waals surface area contributed by atoms with E-state index in [0.29, 0.717) is 24.3 Å². The van der Waals surface area contributed by atoms with Gasteiger partial charge in [0.15, 0.2) is 0 Å². The Morgan fingerprint density at radius 1 is 1.36 bits per heavy atom. The van der Waals surface area contributed by atoms with Gasteiger partial charge in [0.1, 0.15) is 5.75 Å². The number of amides is 1. The van der Waals surface area contributed by atoms with E-state index in [2.05, 4.69) is 15.3 Å². The Bertz CT molecular complexity index is 767. The first kappa shape index (κ1) is 17.3. The summed E-state index contributed by atoms with van der Waals surface area (Å²) in [6.07, 6.45) is 1.95. The molecular formula is C18H19F2N3O2. The number of benzene rings is 1. The zero-order valence-corrected chi connectivity index (χ0v) is 13.8. The van der Waals surface area contributed by atoms with Crippen LogP contribution in [0.15, 0.2) is 36.5 Å². The number of methoxy groups -OCH3 is 1. The van der Waals surface area contributed by atoms with Crippen molar-refractivity contribution in [3.63, 3.8) is 0 Å². The first-order valence-corrected chi connectivity index (χ1v) is 8.14. The predicted octanol–water partition coefficient (Wildman–Crippen LogP) is 3.92. The van der Waals surface area contributed by atoms with Crippen LogP contribution in [0.4, 0.5) is 14.7 Å². The van der Waals surface area contributed by atoms with E-state index in [0.717, 1.165) is 5.56 Å². The maximum absolute atomic E-state index is 13.7. The fourth-order valence-electron chi connectivity index (χ4n) is 3.08. The molecule has 25 heavy (non-hydrogen) atoms. The van der Waals surface area contributed by atoms with Crippen LogP contribution in [0.5, 0.6) is 5.75 Å². The fraction of sp³-hybridized carbons (Fsp3) is 0.389. The third-order valence-corrected chi connectivity index (χ3v) is 4.38. The molecular weight excluding hydrogens is 328 g/mol. The molecule has 0 spiro atoms. The van der Waals surface area contributed by atoms with Gasteiger partial charge in [0.05, 0.1) is 12.8 Å². The SMILES string of the molecule is COc1ccccc1-c1ccnc(NC(=O)CC2CCCC2(F)F)n1. The zero-order valence-electron chi connectivity index (χ0n) is 13.8. The van der Waals surface area contributed by atoms with E-state index in [-0.39, 0.29) is 18.8 Å². The van der Waals surface area contributed by atoms with E-state index in [4.69, 9.17) is 4.74 Å². The number of rotatable bonds is 5. The molecule has 2 aromatic rings. The lowest BCUT2D eigenvalue weighted by Gasteiger charge is -2.18. The molecule has 1 heterocycles. The number of hydrogen-bond donors (Lipinski definition) is 1. The summed E-state index contributed by atoms with van der Waals surface area (Å²) in [5.74, 6) is -3.44. The number of aromatic nitrogens is 2. The number of alkyl halides is 2. The number of hydrogen-bond acceptors (Lipinski definition) is 4. The molecule has 5 nitrogen and oxygen atoms in total. The number of ether oxygens (including phenoxy) is 1. The van der Waals surface area contributed by atoms with Crippen LogP contribution in [-0.4, -0.2) is 28.9 Å². The van der Waals surface area contributed by atoms with E-state index in [1.165, 1.54) is 6.20 Å². The van der Waals surface area contributed by atoms with Gasteiger partial charge in [-0.25, -0.2) is 18.7 Å². The Morgan fingerprint density at radius 2 is 2.16 bits per heavy atom. The van der Waals surface area contributed by atoms with Gasteiger partial charge in [-0.15, -0.1) is 0 Å². The molecule has 1 aromatic heterocycles. The molecule has 1 fully saturated rings. The average Bonchev–Trinajstić information content (AvgIpc) is 2.93. The number of anilines is 1. The molecule has 7 heteroatoms. The van der Waals surface area contributed by atoms with Crippen molar-refractivity contribution in [2.75, 3.05) is 12.4 Å². The second kappa shape index (κ2) is 7.13. The summed E-state index contributed by atoms with van der Waals surface area (Å²) in [4.78, 5) is 20.4. The number of carbonyl (C=O) groups excluding carboxylic acids is 1. The van der Waals surface area contributed by atoms with Gasteiger partial charge < -0.3 is 4.74 Å². The van der Waals surface area contributed by atoms with Gasteiger partial charge >= 0.3 is 0 Å². The van der Waals surface area contributed by atoms with Crippen molar-refractivity contribution in [1.82, 2.24) is 9.97 Å². The number of carbonyl (C=O) groups is 1. The molecule has 1 saturated carbocycles. The molecule has 0 radical (unpaired) electrons. The number of para-hydroxylation sites is 1. The molecule has 1 atom stereocenters. The van der Waals surface area contributed by atoms with Gasteiger partial charge in [-0.05, 0) is 31.0 Å². The molecule has 0 saturated heterocycles. The molecule has 1 aromatic carbocycles. The second-order valence-electron chi connectivity index (χ2n) is 6.07.